The number of ether oxygens (including phenoxy) is 1. The number of rotatable bonds is 4. The zero-order chi connectivity index (χ0) is 14.0. The van der Waals surface area contributed by atoms with Crippen molar-refractivity contribution in [1.29, 1.82) is 0 Å². The van der Waals surface area contributed by atoms with Crippen molar-refractivity contribution in [3.8, 4) is 5.75 Å². The van der Waals surface area contributed by atoms with Gasteiger partial charge in [0.15, 0.2) is 5.76 Å². The summed E-state index contributed by atoms with van der Waals surface area (Å²) >= 11 is 6.56. The van der Waals surface area contributed by atoms with Crippen LogP contribution in [0.2, 0.25) is 0 Å². The van der Waals surface area contributed by atoms with Crippen LogP contribution in [0.5, 0.6) is 5.75 Å². The summed E-state index contributed by atoms with van der Waals surface area (Å²) in [5, 5.41) is 12.7. The summed E-state index contributed by atoms with van der Waals surface area (Å²) in [6, 6.07) is 4.73. The Bertz CT molecular complexity index is 601. The number of hydrogen-bond donors (Lipinski definition) is 1. The van der Waals surface area contributed by atoms with Crippen molar-refractivity contribution in [2.45, 2.75) is 13.5 Å². The van der Waals surface area contributed by atoms with Crippen molar-refractivity contribution in [3.05, 3.63) is 44.2 Å². The molecule has 0 atom stereocenters. The Kier molecular flexibility index (Phi) is 4.26. The lowest BCUT2D eigenvalue weighted by atomic mass is 10.2. The highest BCUT2D eigenvalue weighted by atomic mass is 79.9. The highest BCUT2D eigenvalue weighted by molar-refractivity contribution is 9.11. The number of carboxylic acids is 1. The molecular formula is C12H9Br2NO4. The molecule has 19 heavy (non-hydrogen) atoms. The van der Waals surface area contributed by atoms with Crippen LogP contribution in [-0.2, 0) is 6.61 Å². The van der Waals surface area contributed by atoms with Gasteiger partial charge >= 0.3 is 5.97 Å². The Labute approximate surface area is 125 Å². The summed E-state index contributed by atoms with van der Waals surface area (Å²) in [7, 11) is 0. The fraction of sp³-hybridized carbons (Fsp3) is 0.167. The Hall–Kier alpha value is -1.34. The monoisotopic (exact) mass is 389 g/mol. The van der Waals surface area contributed by atoms with Gasteiger partial charge in [-0.3, -0.25) is 0 Å². The fourth-order valence-electron chi connectivity index (χ4n) is 1.45. The Morgan fingerprint density at radius 1 is 1.37 bits per heavy atom. The Morgan fingerprint density at radius 3 is 2.47 bits per heavy atom. The summed E-state index contributed by atoms with van der Waals surface area (Å²) in [4.78, 5) is 10.9. The first-order valence-corrected chi connectivity index (χ1v) is 6.83. The largest absolute Gasteiger partial charge is 0.483 e. The van der Waals surface area contributed by atoms with Crippen LogP contribution < -0.4 is 4.74 Å². The molecule has 0 aliphatic heterocycles. The number of halogens is 2. The number of hydrogen-bond acceptors (Lipinski definition) is 4. The Balaban J connectivity index is 2.18. The molecule has 2 aromatic rings. The molecule has 0 saturated carbocycles. The average Bonchev–Trinajstić information content (AvgIpc) is 2.73. The predicted octanol–water partition coefficient (Wildman–Crippen LogP) is 3.79. The highest BCUT2D eigenvalue weighted by Gasteiger charge is 2.13. The minimum Gasteiger partial charge on any atom is -0.483 e. The van der Waals surface area contributed by atoms with Crippen molar-refractivity contribution in [1.82, 2.24) is 5.16 Å². The molecule has 0 aliphatic carbocycles. The van der Waals surface area contributed by atoms with Gasteiger partial charge in [-0.1, -0.05) is 5.16 Å². The third kappa shape index (κ3) is 3.36. The van der Waals surface area contributed by atoms with E-state index in [1.807, 2.05) is 6.92 Å². The molecule has 0 saturated heterocycles. The molecule has 2 rings (SSSR count). The zero-order valence-electron chi connectivity index (χ0n) is 9.81. The van der Waals surface area contributed by atoms with Gasteiger partial charge in [-0.05, 0) is 50.9 Å². The number of benzene rings is 1. The molecule has 0 aliphatic rings. The maximum Gasteiger partial charge on any atom is 0.335 e. The topological polar surface area (TPSA) is 72.6 Å². The number of aromatic carboxylic acids is 1. The van der Waals surface area contributed by atoms with Gasteiger partial charge < -0.3 is 14.4 Å². The summed E-state index contributed by atoms with van der Waals surface area (Å²) in [5.74, 6) is 0.108. The molecule has 0 bridgehead atoms. The summed E-state index contributed by atoms with van der Waals surface area (Å²) in [6.45, 7) is 2.03. The maximum atomic E-state index is 10.9. The summed E-state index contributed by atoms with van der Waals surface area (Å²) in [5.41, 5.74) is 0.944. The second kappa shape index (κ2) is 5.75. The van der Waals surface area contributed by atoms with Gasteiger partial charge in [-0.15, -0.1) is 0 Å². The molecule has 0 amide bonds. The smallest absolute Gasteiger partial charge is 0.335 e. The average molecular weight is 391 g/mol. The molecule has 0 unspecified atom stereocenters. The van der Waals surface area contributed by atoms with Crippen LogP contribution in [0.4, 0.5) is 0 Å². The number of aromatic nitrogens is 1. The maximum absolute atomic E-state index is 10.9. The molecule has 1 aromatic heterocycles. The zero-order valence-corrected chi connectivity index (χ0v) is 13.0. The van der Waals surface area contributed by atoms with Crippen LogP contribution in [0.1, 0.15) is 21.8 Å². The van der Waals surface area contributed by atoms with Gasteiger partial charge in [-0.25, -0.2) is 4.79 Å². The third-order valence-electron chi connectivity index (χ3n) is 2.28. The molecule has 5 nitrogen and oxygen atoms in total. The van der Waals surface area contributed by atoms with E-state index in [-0.39, 0.29) is 12.2 Å². The van der Waals surface area contributed by atoms with Gasteiger partial charge in [0.1, 0.15) is 12.4 Å². The quantitative estimate of drug-likeness (QED) is 0.859. The lowest BCUT2D eigenvalue weighted by Crippen LogP contribution is -2.00. The van der Waals surface area contributed by atoms with Gasteiger partial charge in [0.05, 0.1) is 20.2 Å². The van der Waals surface area contributed by atoms with Crippen molar-refractivity contribution in [3.63, 3.8) is 0 Å². The summed E-state index contributed by atoms with van der Waals surface area (Å²) in [6.07, 6.45) is 0. The van der Waals surface area contributed by atoms with Crippen LogP contribution in [0.3, 0.4) is 0 Å². The van der Waals surface area contributed by atoms with Crippen molar-refractivity contribution < 1.29 is 19.2 Å². The van der Waals surface area contributed by atoms with Crippen LogP contribution in [0, 0.1) is 6.92 Å². The molecule has 1 N–H and O–H groups in total. The molecule has 1 aromatic carbocycles. The minimum atomic E-state index is -1.00. The van der Waals surface area contributed by atoms with E-state index in [2.05, 4.69) is 37.0 Å². The van der Waals surface area contributed by atoms with Crippen LogP contribution in [-0.4, -0.2) is 16.2 Å². The number of nitrogens with zero attached hydrogens (tertiary/aromatic N) is 1. The molecule has 100 valence electrons. The molecular weight excluding hydrogens is 382 g/mol. The molecule has 7 heteroatoms. The van der Waals surface area contributed by atoms with Crippen molar-refractivity contribution >= 4 is 37.8 Å². The third-order valence-corrected chi connectivity index (χ3v) is 3.46. The van der Waals surface area contributed by atoms with E-state index in [4.69, 9.17) is 14.4 Å². The van der Waals surface area contributed by atoms with E-state index in [0.29, 0.717) is 20.5 Å². The highest BCUT2D eigenvalue weighted by Crippen LogP contribution is 2.35. The first-order chi connectivity index (χ1) is 8.97. The van der Waals surface area contributed by atoms with Crippen molar-refractivity contribution in [2.24, 2.45) is 0 Å². The SMILES string of the molecule is Cc1cc(COc2c(Br)cc(C(=O)O)cc2Br)on1. The number of carboxylic acid groups (broad SMARTS) is 1. The van der Waals surface area contributed by atoms with Gasteiger partial charge in [0, 0.05) is 6.07 Å². The van der Waals surface area contributed by atoms with E-state index in [0.717, 1.165) is 5.69 Å². The Morgan fingerprint density at radius 2 is 2.00 bits per heavy atom. The van der Waals surface area contributed by atoms with Crippen molar-refractivity contribution in [2.75, 3.05) is 0 Å². The van der Waals surface area contributed by atoms with Crippen LogP contribution in [0.25, 0.3) is 0 Å². The van der Waals surface area contributed by atoms with E-state index in [1.165, 1.54) is 12.1 Å². The van der Waals surface area contributed by atoms with Crippen LogP contribution >= 0.6 is 31.9 Å². The van der Waals surface area contributed by atoms with Gasteiger partial charge in [-0.2, -0.15) is 0 Å². The summed E-state index contributed by atoms with van der Waals surface area (Å²) < 4.78 is 11.7. The fourth-order valence-corrected chi connectivity index (χ4v) is 2.86. The van der Waals surface area contributed by atoms with E-state index >= 15 is 0 Å². The lowest BCUT2D eigenvalue weighted by molar-refractivity contribution is 0.0696. The molecule has 1 heterocycles. The number of carbonyl (C=O) groups is 1. The first kappa shape index (κ1) is 14.1. The van der Waals surface area contributed by atoms with Crippen LogP contribution in [0.15, 0.2) is 31.7 Å². The predicted molar refractivity (Wildman–Crippen MR) is 74.4 cm³/mol. The standard InChI is InChI=1S/C12H9Br2NO4/c1-6-2-8(19-15-6)5-18-11-9(13)3-7(12(16)17)4-10(11)14/h2-4H,5H2,1H3,(H,16,17). The normalized spacial score (nSPS) is 10.5. The second-order valence-electron chi connectivity index (χ2n) is 3.80. The van der Waals surface area contributed by atoms with E-state index in [9.17, 15) is 4.79 Å². The minimum absolute atomic E-state index is 0.168. The molecule has 0 fully saturated rings. The van der Waals surface area contributed by atoms with E-state index in [1.54, 1.807) is 6.07 Å². The molecule has 0 radical (unpaired) electrons. The number of aryl methyl sites for hydroxylation is 1. The van der Waals surface area contributed by atoms with Gasteiger partial charge in [0.2, 0.25) is 0 Å². The second-order valence-corrected chi connectivity index (χ2v) is 5.51. The lowest BCUT2D eigenvalue weighted by Gasteiger charge is -2.09. The first-order valence-electron chi connectivity index (χ1n) is 5.24. The molecule has 0 spiro atoms. The van der Waals surface area contributed by atoms with Gasteiger partial charge in [0.25, 0.3) is 0 Å². The van der Waals surface area contributed by atoms with E-state index < -0.39 is 5.97 Å².